The minimum atomic E-state index is 0.660. The molecule has 0 bridgehead atoms. The summed E-state index contributed by atoms with van der Waals surface area (Å²) in [5, 5.41) is 0. The van der Waals surface area contributed by atoms with Crippen molar-refractivity contribution in [1.82, 2.24) is 0 Å². The molecule has 0 radical (unpaired) electrons. The van der Waals surface area contributed by atoms with Crippen LogP contribution >= 0.6 is 15.9 Å². The summed E-state index contributed by atoms with van der Waals surface area (Å²) in [5.41, 5.74) is 2.78. The molecule has 0 amide bonds. The Morgan fingerprint density at radius 2 is 2.13 bits per heavy atom. The van der Waals surface area contributed by atoms with E-state index in [-0.39, 0.29) is 0 Å². The van der Waals surface area contributed by atoms with E-state index in [1.54, 1.807) is 0 Å². The number of halogens is 1. The van der Waals surface area contributed by atoms with E-state index in [0.29, 0.717) is 5.92 Å². The van der Waals surface area contributed by atoms with E-state index < -0.39 is 0 Å². The molecule has 0 N–H and O–H groups in total. The van der Waals surface area contributed by atoms with Gasteiger partial charge in [0, 0.05) is 4.47 Å². The summed E-state index contributed by atoms with van der Waals surface area (Å²) >= 11 is 3.54. The Hall–Kier alpha value is -0.560. The number of hydrogen-bond donors (Lipinski definition) is 0. The lowest BCUT2D eigenvalue weighted by molar-refractivity contribution is 0.673. The van der Waals surface area contributed by atoms with Gasteiger partial charge in [-0.25, -0.2) is 0 Å². The first-order valence-electron chi connectivity index (χ1n) is 5.56. The van der Waals surface area contributed by atoms with Gasteiger partial charge in [-0.3, -0.25) is 0 Å². The van der Waals surface area contributed by atoms with Crippen LogP contribution < -0.4 is 0 Å². The van der Waals surface area contributed by atoms with Gasteiger partial charge < -0.3 is 0 Å². The molecule has 1 unspecified atom stereocenters. The van der Waals surface area contributed by atoms with Gasteiger partial charge in [-0.2, -0.15) is 0 Å². The lowest BCUT2D eigenvalue weighted by atomic mass is 9.92. The van der Waals surface area contributed by atoms with Gasteiger partial charge in [-0.05, 0) is 49.8 Å². The zero-order chi connectivity index (χ0) is 11.3. The van der Waals surface area contributed by atoms with Gasteiger partial charge in [0.1, 0.15) is 0 Å². The van der Waals surface area contributed by atoms with Crippen molar-refractivity contribution in [2.24, 2.45) is 0 Å². The molecule has 0 aliphatic heterocycles. The number of aryl methyl sites for hydroxylation is 1. The lowest BCUT2D eigenvalue weighted by Crippen LogP contribution is -1.96. The van der Waals surface area contributed by atoms with Crippen molar-refractivity contribution >= 4 is 15.9 Å². The van der Waals surface area contributed by atoms with Gasteiger partial charge in [0.25, 0.3) is 0 Å². The third-order valence-corrected chi connectivity index (χ3v) is 3.69. The van der Waals surface area contributed by atoms with Crippen LogP contribution in [0.15, 0.2) is 34.8 Å². The topological polar surface area (TPSA) is 0 Å². The zero-order valence-corrected chi connectivity index (χ0v) is 11.3. The van der Waals surface area contributed by atoms with Crippen LogP contribution in [0.3, 0.4) is 0 Å². The highest BCUT2D eigenvalue weighted by Gasteiger charge is 2.08. The molecule has 1 heteroatoms. The minimum absolute atomic E-state index is 0.660. The number of allylic oxidation sites excluding steroid dienone is 2. The largest absolute Gasteiger partial charge is 0.0916 e. The van der Waals surface area contributed by atoms with Crippen LogP contribution in [0.2, 0.25) is 0 Å². The Labute approximate surface area is 102 Å². The Morgan fingerprint density at radius 1 is 1.40 bits per heavy atom. The van der Waals surface area contributed by atoms with Crippen molar-refractivity contribution in [1.29, 1.82) is 0 Å². The SMILES string of the molecule is C/C=C\CC(CC)c1ccc(Br)c(C)c1. The highest BCUT2D eigenvalue weighted by atomic mass is 79.9. The molecule has 0 fully saturated rings. The molecule has 0 spiro atoms. The number of rotatable bonds is 4. The van der Waals surface area contributed by atoms with E-state index >= 15 is 0 Å². The molecule has 0 aliphatic carbocycles. The molecule has 0 aliphatic rings. The molecular formula is C14H19Br. The average Bonchev–Trinajstić information content (AvgIpc) is 2.24. The Kier molecular flexibility index (Phi) is 5.10. The Bertz CT molecular complexity index is 339. The van der Waals surface area contributed by atoms with Crippen LogP contribution in [0, 0.1) is 6.92 Å². The van der Waals surface area contributed by atoms with E-state index in [1.165, 1.54) is 22.0 Å². The van der Waals surface area contributed by atoms with E-state index in [1.807, 2.05) is 0 Å². The highest BCUT2D eigenvalue weighted by molar-refractivity contribution is 9.10. The van der Waals surface area contributed by atoms with Crippen molar-refractivity contribution in [2.75, 3.05) is 0 Å². The summed E-state index contributed by atoms with van der Waals surface area (Å²) in [4.78, 5) is 0. The summed E-state index contributed by atoms with van der Waals surface area (Å²) in [6.45, 7) is 6.49. The van der Waals surface area contributed by atoms with Gasteiger partial charge in [-0.1, -0.05) is 47.1 Å². The summed E-state index contributed by atoms with van der Waals surface area (Å²) in [6, 6.07) is 6.68. The molecule has 0 saturated carbocycles. The normalized spacial score (nSPS) is 13.3. The standard InChI is InChI=1S/C14H19Br/c1-4-6-7-12(5-2)13-8-9-14(15)11(3)10-13/h4,6,8-10,12H,5,7H2,1-3H3/b6-4-. The van der Waals surface area contributed by atoms with Crippen LogP contribution in [0.1, 0.15) is 43.7 Å². The Morgan fingerprint density at radius 3 is 2.67 bits per heavy atom. The molecule has 1 rings (SSSR count). The predicted octanol–water partition coefficient (Wildman–Crippen LogP) is 5.22. The van der Waals surface area contributed by atoms with Crippen LogP contribution in [0.25, 0.3) is 0 Å². The first-order chi connectivity index (χ1) is 7.19. The van der Waals surface area contributed by atoms with Crippen LogP contribution in [0.4, 0.5) is 0 Å². The molecule has 0 saturated heterocycles. The van der Waals surface area contributed by atoms with Gasteiger partial charge in [0.05, 0.1) is 0 Å². The second kappa shape index (κ2) is 6.12. The fourth-order valence-electron chi connectivity index (χ4n) is 1.76. The quantitative estimate of drug-likeness (QED) is 0.656. The predicted molar refractivity (Wildman–Crippen MR) is 71.3 cm³/mol. The van der Waals surface area contributed by atoms with Crippen molar-refractivity contribution in [3.8, 4) is 0 Å². The third-order valence-electron chi connectivity index (χ3n) is 2.80. The van der Waals surface area contributed by atoms with E-state index in [4.69, 9.17) is 0 Å². The van der Waals surface area contributed by atoms with Crippen LogP contribution in [-0.2, 0) is 0 Å². The monoisotopic (exact) mass is 266 g/mol. The fraction of sp³-hybridized carbons (Fsp3) is 0.429. The minimum Gasteiger partial charge on any atom is -0.0916 e. The molecular weight excluding hydrogens is 248 g/mol. The highest BCUT2D eigenvalue weighted by Crippen LogP contribution is 2.27. The second-order valence-electron chi connectivity index (χ2n) is 3.92. The van der Waals surface area contributed by atoms with Gasteiger partial charge in [0.15, 0.2) is 0 Å². The summed E-state index contributed by atoms with van der Waals surface area (Å²) in [7, 11) is 0. The summed E-state index contributed by atoms with van der Waals surface area (Å²) in [5.74, 6) is 0.660. The number of hydrogen-bond acceptors (Lipinski definition) is 0. The summed E-state index contributed by atoms with van der Waals surface area (Å²) < 4.78 is 1.20. The van der Waals surface area contributed by atoms with E-state index in [0.717, 1.165) is 6.42 Å². The van der Waals surface area contributed by atoms with Crippen molar-refractivity contribution in [2.45, 2.75) is 39.5 Å². The second-order valence-corrected chi connectivity index (χ2v) is 4.77. The fourth-order valence-corrected chi connectivity index (χ4v) is 2.01. The summed E-state index contributed by atoms with van der Waals surface area (Å²) in [6.07, 6.45) is 6.74. The Balaban J connectivity index is 2.87. The molecule has 82 valence electrons. The first-order valence-corrected chi connectivity index (χ1v) is 6.35. The molecule has 15 heavy (non-hydrogen) atoms. The smallest absolute Gasteiger partial charge is 0.0204 e. The molecule has 0 nitrogen and oxygen atoms in total. The molecule has 1 atom stereocenters. The van der Waals surface area contributed by atoms with Crippen molar-refractivity contribution in [3.63, 3.8) is 0 Å². The zero-order valence-electron chi connectivity index (χ0n) is 9.76. The van der Waals surface area contributed by atoms with Crippen molar-refractivity contribution in [3.05, 3.63) is 46.0 Å². The molecule has 0 heterocycles. The van der Waals surface area contributed by atoms with Crippen molar-refractivity contribution < 1.29 is 0 Å². The number of benzene rings is 1. The maximum Gasteiger partial charge on any atom is 0.0204 e. The maximum atomic E-state index is 3.54. The van der Waals surface area contributed by atoms with E-state index in [2.05, 4.69) is 67.1 Å². The van der Waals surface area contributed by atoms with Crippen LogP contribution in [0.5, 0.6) is 0 Å². The molecule has 0 aromatic heterocycles. The van der Waals surface area contributed by atoms with Gasteiger partial charge in [-0.15, -0.1) is 0 Å². The molecule has 1 aromatic carbocycles. The van der Waals surface area contributed by atoms with Crippen LogP contribution in [-0.4, -0.2) is 0 Å². The van der Waals surface area contributed by atoms with Gasteiger partial charge in [0.2, 0.25) is 0 Å². The molecule has 1 aromatic rings. The van der Waals surface area contributed by atoms with E-state index in [9.17, 15) is 0 Å². The average molecular weight is 267 g/mol. The van der Waals surface area contributed by atoms with Gasteiger partial charge >= 0.3 is 0 Å². The third kappa shape index (κ3) is 3.49. The maximum absolute atomic E-state index is 3.54. The lowest BCUT2D eigenvalue weighted by Gasteiger charge is -2.14. The first kappa shape index (κ1) is 12.5.